The number of carbonyl (C=O) groups is 1. The third kappa shape index (κ3) is 7.41. The molecular formula is C8H14O. The van der Waals surface area contributed by atoms with Crippen molar-refractivity contribution in [1.82, 2.24) is 0 Å². The van der Waals surface area contributed by atoms with E-state index in [1.807, 2.05) is 0 Å². The van der Waals surface area contributed by atoms with E-state index >= 15 is 0 Å². The molecule has 1 heteroatoms. The van der Waals surface area contributed by atoms with Crippen LogP contribution in [-0.4, -0.2) is 5.78 Å². The molecule has 0 fully saturated rings. The van der Waals surface area contributed by atoms with E-state index in [1.54, 1.807) is 6.92 Å². The summed E-state index contributed by atoms with van der Waals surface area (Å²) in [5, 5.41) is 0. The maximum atomic E-state index is 10.4. The van der Waals surface area contributed by atoms with Gasteiger partial charge in [-0.05, 0) is 19.8 Å². The van der Waals surface area contributed by atoms with Gasteiger partial charge in [-0.15, -0.1) is 0 Å². The Morgan fingerprint density at radius 3 is 2.56 bits per heavy atom. The zero-order valence-corrected chi connectivity index (χ0v) is 6.18. The molecule has 0 saturated heterocycles. The first-order valence-electron chi connectivity index (χ1n) is 3.41. The van der Waals surface area contributed by atoms with Gasteiger partial charge >= 0.3 is 0 Å². The molecule has 0 radical (unpaired) electrons. The molecule has 0 atom stereocenters. The molecule has 0 unspecified atom stereocenters. The minimum atomic E-state index is 0.274. The summed E-state index contributed by atoms with van der Waals surface area (Å²) in [6, 6.07) is 0. The molecule has 0 N–H and O–H groups in total. The molecule has 0 saturated carbocycles. The Kier molecular flexibility index (Phi) is 5.18. The number of hydrogen-bond acceptors (Lipinski definition) is 1. The van der Waals surface area contributed by atoms with Crippen LogP contribution in [0.1, 0.15) is 33.1 Å². The standard InChI is InChI=1S/C8H14O/c1-3-4-5-6-7-8(2)9/h4-5H,3,6-7H2,1-2H3/b5-4+. The van der Waals surface area contributed by atoms with E-state index in [9.17, 15) is 4.79 Å². The monoisotopic (exact) mass is 126 g/mol. The number of carbonyl (C=O) groups excluding carboxylic acids is 1. The van der Waals surface area contributed by atoms with Crippen molar-refractivity contribution < 1.29 is 4.79 Å². The summed E-state index contributed by atoms with van der Waals surface area (Å²) in [4.78, 5) is 10.4. The summed E-state index contributed by atoms with van der Waals surface area (Å²) in [5.74, 6) is 0.274. The minimum absolute atomic E-state index is 0.274. The second kappa shape index (κ2) is 5.54. The van der Waals surface area contributed by atoms with Gasteiger partial charge in [0.05, 0.1) is 0 Å². The topological polar surface area (TPSA) is 17.1 Å². The van der Waals surface area contributed by atoms with Crippen molar-refractivity contribution in [2.75, 3.05) is 0 Å². The first-order valence-corrected chi connectivity index (χ1v) is 3.41. The van der Waals surface area contributed by atoms with Gasteiger partial charge in [-0.3, -0.25) is 0 Å². The van der Waals surface area contributed by atoms with Crippen molar-refractivity contribution in [3.8, 4) is 0 Å². The fourth-order valence-electron chi connectivity index (χ4n) is 0.571. The van der Waals surface area contributed by atoms with Crippen LogP contribution in [0.25, 0.3) is 0 Å². The zero-order valence-electron chi connectivity index (χ0n) is 6.18. The molecule has 0 aromatic heterocycles. The molecule has 52 valence electrons. The Labute approximate surface area is 56.8 Å². The van der Waals surface area contributed by atoms with Crippen LogP contribution < -0.4 is 0 Å². The second-order valence-electron chi connectivity index (χ2n) is 2.12. The van der Waals surface area contributed by atoms with Crippen LogP contribution in [0.4, 0.5) is 0 Å². The normalized spacial score (nSPS) is 10.4. The van der Waals surface area contributed by atoms with Gasteiger partial charge < -0.3 is 4.79 Å². The average Bonchev–Trinajstić information content (AvgIpc) is 1.80. The molecule has 0 rings (SSSR count). The lowest BCUT2D eigenvalue weighted by Crippen LogP contribution is -1.85. The highest BCUT2D eigenvalue weighted by Crippen LogP contribution is 1.92. The van der Waals surface area contributed by atoms with Gasteiger partial charge in [-0.1, -0.05) is 19.1 Å². The van der Waals surface area contributed by atoms with Gasteiger partial charge in [-0.25, -0.2) is 0 Å². The SMILES string of the molecule is CC/C=C/CCC(C)=O. The van der Waals surface area contributed by atoms with Crippen LogP contribution in [0.3, 0.4) is 0 Å². The molecule has 0 aliphatic rings. The Bertz CT molecular complexity index is 103. The highest BCUT2D eigenvalue weighted by atomic mass is 16.1. The van der Waals surface area contributed by atoms with Crippen LogP contribution in [0, 0.1) is 0 Å². The molecule has 0 spiro atoms. The van der Waals surface area contributed by atoms with Gasteiger partial charge in [0.1, 0.15) is 5.78 Å². The number of hydrogen-bond donors (Lipinski definition) is 0. The lowest BCUT2D eigenvalue weighted by atomic mass is 10.2. The summed E-state index contributed by atoms with van der Waals surface area (Å²) in [5.41, 5.74) is 0. The molecule has 0 heterocycles. The van der Waals surface area contributed by atoms with Gasteiger partial charge in [0, 0.05) is 6.42 Å². The maximum Gasteiger partial charge on any atom is 0.130 e. The fraction of sp³-hybridized carbons (Fsp3) is 0.625. The molecule has 0 bridgehead atoms. The molecular weight excluding hydrogens is 112 g/mol. The highest BCUT2D eigenvalue weighted by Gasteiger charge is 1.86. The van der Waals surface area contributed by atoms with E-state index in [4.69, 9.17) is 0 Å². The second-order valence-corrected chi connectivity index (χ2v) is 2.12. The van der Waals surface area contributed by atoms with E-state index in [2.05, 4.69) is 19.1 Å². The van der Waals surface area contributed by atoms with Crippen LogP contribution in [0.15, 0.2) is 12.2 Å². The lowest BCUT2D eigenvalue weighted by molar-refractivity contribution is -0.116. The van der Waals surface area contributed by atoms with Crippen molar-refractivity contribution >= 4 is 5.78 Å². The van der Waals surface area contributed by atoms with E-state index < -0.39 is 0 Å². The van der Waals surface area contributed by atoms with Crippen molar-refractivity contribution in [3.05, 3.63) is 12.2 Å². The van der Waals surface area contributed by atoms with Crippen molar-refractivity contribution in [3.63, 3.8) is 0 Å². The Morgan fingerprint density at radius 1 is 1.44 bits per heavy atom. The number of allylic oxidation sites excluding steroid dienone is 2. The van der Waals surface area contributed by atoms with Crippen LogP contribution in [-0.2, 0) is 4.79 Å². The maximum absolute atomic E-state index is 10.4. The van der Waals surface area contributed by atoms with Gasteiger partial charge in [0.15, 0.2) is 0 Å². The summed E-state index contributed by atoms with van der Waals surface area (Å²) in [6.07, 6.45) is 6.81. The van der Waals surface area contributed by atoms with Crippen molar-refractivity contribution in [2.45, 2.75) is 33.1 Å². The van der Waals surface area contributed by atoms with Crippen LogP contribution in [0.2, 0.25) is 0 Å². The summed E-state index contributed by atoms with van der Waals surface area (Å²) in [6.45, 7) is 3.71. The van der Waals surface area contributed by atoms with Gasteiger partial charge in [-0.2, -0.15) is 0 Å². The minimum Gasteiger partial charge on any atom is -0.300 e. The highest BCUT2D eigenvalue weighted by molar-refractivity contribution is 5.75. The lowest BCUT2D eigenvalue weighted by Gasteiger charge is -1.85. The Hall–Kier alpha value is -0.590. The van der Waals surface area contributed by atoms with E-state index in [-0.39, 0.29) is 5.78 Å². The quantitative estimate of drug-likeness (QED) is 0.528. The predicted octanol–water partition coefficient (Wildman–Crippen LogP) is 2.32. The molecule has 0 aromatic carbocycles. The average molecular weight is 126 g/mol. The Balaban J connectivity index is 3.09. The predicted molar refractivity (Wildman–Crippen MR) is 39.3 cm³/mol. The number of rotatable bonds is 4. The summed E-state index contributed by atoms with van der Waals surface area (Å²) < 4.78 is 0. The smallest absolute Gasteiger partial charge is 0.130 e. The van der Waals surface area contributed by atoms with Gasteiger partial charge in [0.25, 0.3) is 0 Å². The summed E-state index contributed by atoms with van der Waals surface area (Å²) in [7, 11) is 0. The summed E-state index contributed by atoms with van der Waals surface area (Å²) >= 11 is 0. The fourth-order valence-corrected chi connectivity index (χ4v) is 0.571. The van der Waals surface area contributed by atoms with Crippen molar-refractivity contribution in [2.24, 2.45) is 0 Å². The number of ketones is 1. The first kappa shape index (κ1) is 8.41. The van der Waals surface area contributed by atoms with E-state index in [1.165, 1.54) is 0 Å². The Morgan fingerprint density at radius 2 is 2.11 bits per heavy atom. The van der Waals surface area contributed by atoms with Gasteiger partial charge in [0.2, 0.25) is 0 Å². The molecule has 9 heavy (non-hydrogen) atoms. The zero-order chi connectivity index (χ0) is 7.11. The van der Waals surface area contributed by atoms with Crippen LogP contribution >= 0.6 is 0 Å². The molecule has 0 aliphatic carbocycles. The third-order valence-corrected chi connectivity index (χ3v) is 1.07. The van der Waals surface area contributed by atoms with Crippen molar-refractivity contribution in [1.29, 1.82) is 0 Å². The number of Topliss-reactive ketones (excluding diaryl/α,β-unsaturated/α-hetero) is 1. The molecule has 1 nitrogen and oxygen atoms in total. The third-order valence-electron chi connectivity index (χ3n) is 1.07. The van der Waals surface area contributed by atoms with E-state index in [0.717, 1.165) is 12.8 Å². The molecule has 0 aliphatic heterocycles. The largest absolute Gasteiger partial charge is 0.300 e. The molecule has 0 amide bonds. The first-order chi connectivity index (χ1) is 4.27. The van der Waals surface area contributed by atoms with E-state index in [0.29, 0.717) is 6.42 Å². The van der Waals surface area contributed by atoms with Crippen LogP contribution in [0.5, 0.6) is 0 Å². The molecule has 0 aromatic rings.